The topological polar surface area (TPSA) is 70.0 Å². The summed E-state index contributed by atoms with van der Waals surface area (Å²) >= 11 is 0. The van der Waals surface area contributed by atoms with Crippen LogP contribution in [0.25, 0.3) is 0 Å². The van der Waals surface area contributed by atoms with E-state index in [1.54, 1.807) is 0 Å². The molecule has 2 N–H and O–H groups in total. The van der Waals surface area contributed by atoms with Crippen LogP contribution in [0.5, 0.6) is 0 Å². The minimum atomic E-state index is -0.258. The van der Waals surface area contributed by atoms with Crippen LogP contribution in [0.4, 0.5) is 5.82 Å². The number of anilines is 1. The Morgan fingerprint density at radius 2 is 1.90 bits per heavy atom. The first kappa shape index (κ1) is 14.9. The molecule has 1 saturated carbocycles. The summed E-state index contributed by atoms with van der Waals surface area (Å²) in [6.45, 7) is 3.20. The summed E-state index contributed by atoms with van der Waals surface area (Å²) in [5, 5.41) is 0. The van der Waals surface area contributed by atoms with Crippen molar-refractivity contribution in [3.05, 3.63) is 26.9 Å². The van der Waals surface area contributed by atoms with E-state index in [4.69, 9.17) is 5.73 Å². The van der Waals surface area contributed by atoms with E-state index in [0.717, 1.165) is 25.7 Å². The fourth-order valence-electron chi connectivity index (χ4n) is 2.97. The molecule has 2 rings (SSSR count). The Bertz CT molecular complexity index is 553. The van der Waals surface area contributed by atoms with E-state index in [9.17, 15) is 9.59 Å². The molecule has 5 nitrogen and oxygen atoms in total. The molecule has 1 aliphatic rings. The molecule has 1 aromatic heterocycles. The number of hydrogen-bond acceptors (Lipinski definition) is 3. The summed E-state index contributed by atoms with van der Waals surface area (Å²) in [6.07, 6.45) is 7.81. The summed E-state index contributed by atoms with van der Waals surface area (Å²) in [6, 6.07) is 1.39. The van der Waals surface area contributed by atoms with E-state index >= 15 is 0 Å². The van der Waals surface area contributed by atoms with Gasteiger partial charge in [0.2, 0.25) is 0 Å². The van der Waals surface area contributed by atoms with Gasteiger partial charge in [0.1, 0.15) is 5.82 Å². The maximum Gasteiger partial charge on any atom is 0.332 e. The Morgan fingerprint density at radius 3 is 2.55 bits per heavy atom. The van der Waals surface area contributed by atoms with Gasteiger partial charge in [-0.05, 0) is 25.2 Å². The van der Waals surface area contributed by atoms with Gasteiger partial charge in [0.25, 0.3) is 5.56 Å². The first-order chi connectivity index (χ1) is 9.63. The average molecular weight is 279 g/mol. The third kappa shape index (κ3) is 3.32. The SMILES string of the molecule is CCCCn1c(N)cc(=O)n(CC2CCCCC2)c1=O. The molecular weight excluding hydrogens is 254 g/mol. The number of nitrogens with zero attached hydrogens (tertiary/aromatic N) is 2. The van der Waals surface area contributed by atoms with Crippen molar-refractivity contribution in [1.29, 1.82) is 0 Å². The molecule has 0 unspecified atom stereocenters. The average Bonchev–Trinajstić information content (AvgIpc) is 2.44. The van der Waals surface area contributed by atoms with Gasteiger partial charge in [-0.3, -0.25) is 13.9 Å². The molecule has 0 bridgehead atoms. The van der Waals surface area contributed by atoms with E-state index in [-0.39, 0.29) is 17.1 Å². The molecule has 0 saturated heterocycles. The third-order valence-corrected chi connectivity index (χ3v) is 4.21. The van der Waals surface area contributed by atoms with Crippen LogP contribution in [-0.2, 0) is 13.1 Å². The van der Waals surface area contributed by atoms with E-state index in [1.807, 2.05) is 0 Å². The lowest BCUT2D eigenvalue weighted by molar-refractivity contribution is 0.308. The maximum atomic E-state index is 12.4. The van der Waals surface area contributed by atoms with E-state index in [2.05, 4.69) is 6.92 Å². The number of unbranched alkanes of at least 4 members (excludes halogenated alkanes) is 1. The zero-order valence-corrected chi connectivity index (χ0v) is 12.3. The molecule has 0 radical (unpaired) electrons. The second kappa shape index (κ2) is 6.77. The first-order valence-electron chi connectivity index (χ1n) is 7.73. The second-order valence-corrected chi connectivity index (χ2v) is 5.81. The highest BCUT2D eigenvalue weighted by molar-refractivity contribution is 5.26. The number of rotatable bonds is 5. The number of nitrogens with two attached hydrogens (primary N) is 1. The number of hydrogen-bond donors (Lipinski definition) is 1. The lowest BCUT2D eigenvalue weighted by Gasteiger charge is -2.22. The smallest absolute Gasteiger partial charge is 0.332 e. The van der Waals surface area contributed by atoms with Crippen LogP contribution in [0.15, 0.2) is 15.7 Å². The standard InChI is InChI=1S/C15H25N3O2/c1-2-3-9-17-13(16)10-14(19)18(15(17)20)11-12-7-5-4-6-8-12/h10,12H,2-9,11,16H2,1H3. The summed E-state index contributed by atoms with van der Waals surface area (Å²) in [7, 11) is 0. The molecule has 0 aromatic carbocycles. The third-order valence-electron chi connectivity index (χ3n) is 4.21. The molecule has 1 heterocycles. The van der Waals surface area contributed by atoms with Crippen LogP contribution in [0.1, 0.15) is 51.9 Å². The summed E-state index contributed by atoms with van der Waals surface area (Å²) < 4.78 is 2.91. The van der Waals surface area contributed by atoms with Gasteiger partial charge in [-0.15, -0.1) is 0 Å². The normalized spacial score (nSPS) is 16.4. The highest BCUT2D eigenvalue weighted by Gasteiger charge is 2.17. The van der Waals surface area contributed by atoms with Gasteiger partial charge in [-0.25, -0.2) is 4.79 Å². The van der Waals surface area contributed by atoms with Crippen LogP contribution in [0, 0.1) is 5.92 Å². The molecule has 1 aromatic rings. The van der Waals surface area contributed by atoms with Crippen LogP contribution < -0.4 is 17.0 Å². The zero-order chi connectivity index (χ0) is 14.5. The van der Waals surface area contributed by atoms with E-state index in [1.165, 1.54) is 34.5 Å². The van der Waals surface area contributed by atoms with Gasteiger partial charge in [0.05, 0.1) is 0 Å². The van der Waals surface area contributed by atoms with Crippen molar-refractivity contribution in [3.8, 4) is 0 Å². The predicted molar refractivity (Wildman–Crippen MR) is 80.9 cm³/mol. The molecule has 5 heteroatoms. The fraction of sp³-hybridized carbons (Fsp3) is 0.733. The summed E-state index contributed by atoms with van der Waals surface area (Å²) in [5.74, 6) is 0.741. The van der Waals surface area contributed by atoms with Crippen LogP contribution in [0.3, 0.4) is 0 Å². The predicted octanol–water partition coefficient (Wildman–Crippen LogP) is 1.97. The van der Waals surface area contributed by atoms with E-state index in [0.29, 0.717) is 19.0 Å². The van der Waals surface area contributed by atoms with Crippen molar-refractivity contribution >= 4 is 5.82 Å². The van der Waals surface area contributed by atoms with Crippen molar-refractivity contribution < 1.29 is 0 Å². The molecule has 1 fully saturated rings. The zero-order valence-electron chi connectivity index (χ0n) is 12.3. The van der Waals surface area contributed by atoms with Gasteiger partial charge in [0, 0.05) is 19.2 Å². The lowest BCUT2D eigenvalue weighted by atomic mass is 9.89. The van der Waals surface area contributed by atoms with Gasteiger partial charge in [0.15, 0.2) is 0 Å². The van der Waals surface area contributed by atoms with E-state index < -0.39 is 0 Å². The molecule has 0 atom stereocenters. The van der Waals surface area contributed by atoms with Gasteiger partial charge >= 0.3 is 5.69 Å². The Balaban J connectivity index is 2.27. The molecule has 1 aliphatic carbocycles. The molecule has 0 aliphatic heterocycles. The van der Waals surface area contributed by atoms with Crippen molar-refractivity contribution in [2.75, 3.05) is 5.73 Å². The number of aromatic nitrogens is 2. The van der Waals surface area contributed by atoms with Crippen LogP contribution in [0.2, 0.25) is 0 Å². The molecule has 0 spiro atoms. The minimum absolute atomic E-state index is 0.242. The van der Waals surface area contributed by atoms with Crippen LogP contribution >= 0.6 is 0 Å². The van der Waals surface area contributed by atoms with Gasteiger partial charge in [-0.2, -0.15) is 0 Å². The molecule has 112 valence electrons. The van der Waals surface area contributed by atoms with Crippen LogP contribution in [-0.4, -0.2) is 9.13 Å². The minimum Gasteiger partial charge on any atom is -0.385 e. The van der Waals surface area contributed by atoms with Crippen molar-refractivity contribution in [3.63, 3.8) is 0 Å². The summed E-state index contributed by atoms with van der Waals surface area (Å²) in [4.78, 5) is 24.5. The highest BCUT2D eigenvalue weighted by Crippen LogP contribution is 2.24. The molecule has 20 heavy (non-hydrogen) atoms. The number of nitrogen functional groups attached to an aromatic ring is 1. The Kier molecular flexibility index (Phi) is 5.04. The second-order valence-electron chi connectivity index (χ2n) is 5.81. The fourth-order valence-corrected chi connectivity index (χ4v) is 2.97. The largest absolute Gasteiger partial charge is 0.385 e. The molecular formula is C15H25N3O2. The highest BCUT2D eigenvalue weighted by atomic mass is 16.2. The molecule has 0 amide bonds. The maximum absolute atomic E-state index is 12.4. The Labute approximate surface area is 119 Å². The quantitative estimate of drug-likeness (QED) is 0.896. The van der Waals surface area contributed by atoms with Crippen molar-refractivity contribution in [2.24, 2.45) is 5.92 Å². The summed E-state index contributed by atoms with van der Waals surface area (Å²) in [5.41, 5.74) is 5.31. The van der Waals surface area contributed by atoms with Crippen molar-refractivity contribution in [1.82, 2.24) is 9.13 Å². The first-order valence-corrected chi connectivity index (χ1v) is 7.73. The van der Waals surface area contributed by atoms with Crippen molar-refractivity contribution in [2.45, 2.75) is 65.0 Å². The van der Waals surface area contributed by atoms with Gasteiger partial charge < -0.3 is 5.73 Å². The lowest BCUT2D eigenvalue weighted by Crippen LogP contribution is -2.42. The monoisotopic (exact) mass is 279 g/mol. The van der Waals surface area contributed by atoms with Gasteiger partial charge in [-0.1, -0.05) is 32.6 Å². The Morgan fingerprint density at radius 1 is 1.20 bits per heavy atom. The Hall–Kier alpha value is -1.52.